The van der Waals surface area contributed by atoms with Crippen molar-refractivity contribution in [2.75, 3.05) is 20.6 Å². The summed E-state index contributed by atoms with van der Waals surface area (Å²) in [5.74, 6) is -4.53. The molecule has 0 aliphatic heterocycles. The minimum atomic E-state index is -3.75. The first-order chi connectivity index (χ1) is 14.0. The number of hydrazine groups is 1. The van der Waals surface area contributed by atoms with E-state index < -0.39 is 51.5 Å². The Balaban J connectivity index is 1.92. The summed E-state index contributed by atoms with van der Waals surface area (Å²) < 4.78 is 51.6. The molecule has 0 atom stereocenters. The van der Waals surface area contributed by atoms with Crippen molar-refractivity contribution in [2.24, 2.45) is 0 Å². The lowest BCUT2D eigenvalue weighted by atomic mass is 10.2. The van der Waals surface area contributed by atoms with Crippen LogP contribution >= 0.6 is 0 Å². The van der Waals surface area contributed by atoms with Crippen molar-refractivity contribution in [3.05, 3.63) is 65.2 Å². The Morgan fingerprint density at radius 1 is 0.967 bits per heavy atom. The maximum absolute atomic E-state index is 13.5. The molecule has 0 unspecified atom stereocenters. The van der Waals surface area contributed by atoms with E-state index in [1.54, 1.807) is 0 Å². The van der Waals surface area contributed by atoms with Crippen molar-refractivity contribution < 1.29 is 31.6 Å². The molecule has 0 saturated heterocycles. The summed E-state index contributed by atoms with van der Waals surface area (Å²) in [4.78, 5) is 35.6. The smallest absolute Gasteiger partial charge is 0.269 e. The van der Waals surface area contributed by atoms with E-state index in [1.807, 2.05) is 5.43 Å². The van der Waals surface area contributed by atoms with Gasteiger partial charge in [0.05, 0.1) is 17.0 Å². The number of halogens is 2. The van der Waals surface area contributed by atoms with Gasteiger partial charge in [0.1, 0.15) is 11.6 Å². The molecule has 0 radical (unpaired) electrons. The molecule has 9 nitrogen and oxygen atoms in total. The van der Waals surface area contributed by atoms with Crippen LogP contribution in [0.1, 0.15) is 20.7 Å². The van der Waals surface area contributed by atoms with Crippen LogP contribution in [0.15, 0.2) is 47.4 Å². The Bertz CT molecular complexity index is 1090. The highest BCUT2D eigenvalue weighted by molar-refractivity contribution is 7.89. The molecule has 0 fully saturated rings. The van der Waals surface area contributed by atoms with Crippen LogP contribution in [0.3, 0.4) is 0 Å². The van der Waals surface area contributed by atoms with Gasteiger partial charge >= 0.3 is 0 Å². The summed E-state index contributed by atoms with van der Waals surface area (Å²) >= 11 is 0. The minimum absolute atomic E-state index is 0.0318. The van der Waals surface area contributed by atoms with E-state index in [1.165, 1.54) is 32.3 Å². The SMILES string of the molecule is CN(C)S(=O)(=O)c1cccc(C(=O)NNC(=O)CNC(=O)c2ccc(F)cc2F)c1. The summed E-state index contributed by atoms with van der Waals surface area (Å²) in [7, 11) is -1.07. The molecule has 3 amide bonds. The molecule has 12 heteroatoms. The molecular formula is C18H18F2N4O5S. The maximum atomic E-state index is 13.5. The van der Waals surface area contributed by atoms with Crippen LogP contribution in [-0.4, -0.2) is 51.1 Å². The van der Waals surface area contributed by atoms with Crippen molar-refractivity contribution in [2.45, 2.75) is 4.90 Å². The lowest BCUT2D eigenvalue weighted by Crippen LogP contribution is -2.46. The van der Waals surface area contributed by atoms with Gasteiger partial charge < -0.3 is 5.32 Å². The van der Waals surface area contributed by atoms with E-state index in [2.05, 4.69) is 10.7 Å². The number of rotatable bonds is 6. The van der Waals surface area contributed by atoms with Gasteiger partial charge in [0.25, 0.3) is 17.7 Å². The van der Waals surface area contributed by atoms with E-state index in [4.69, 9.17) is 0 Å². The molecule has 2 rings (SSSR count). The summed E-state index contributed by atoms with van der Waals surface area (Å²) in [5, 5.41) is 2.11. The highest BCUT2D eigenvalue weighted by Crippen LogP contribution is 2.14. The third-order valence-electron chi connectivity index (χ3n) is 3.78. The number of amides is 3. The number of sulfonamides is 1. The average molecular weight is 440 g/mol. The number of nitrogens with zero attached hydrogens (tertiary/aromatic N) is 1. The molecule has 0 heterocycles. The lowest BCUT2D eigenvalue weighted by Gasteiger charge is -2.12. The van der Waals surface area contributed by atoms with Crippen LogP contribution in [-0.2, 0) is 14.8 Å². The maximum Gasteiger partial charge on any atom is 0.269 e. The number of nitrogens with one attached hydrogen (secondary N) is 3. The normalized spacial score (nSPS) is 11.1. The van der Waals surface area contributed by atoms with Gasteiger partial charge in [0, 0.05) is 25.7 Å². The average Bonchev–Trinajstić information content (AvgIpc) is 2.70. The molecule has 0 aliphatic rings. The fourth-order valence-corrected chi connectivity index (χ4v) is 3.13. The number of hydrogen-bond acceptors (Lipinski definition) is 5. The van der Waals surface area contributed by atoms with Gasteiger partial charge in [0.2, 0.25) is 10.0 Å². The number of carbonyl (C=O) groups excluding carboxylic acids is 3. The van der Waals surface area contributed by atoms with Gasteiger partial charge in [-0.3, -0.25) is 25.2 Å². The summed E-state index contributed by atoms with van der Waals surface area (Å²) in [6, 6.07) is 7.50. The zero-order valence-electron chi connectivity index (χ0n) is 15.9. The van der Waals surface area contributed by atoms with Gasteiger partial charge in [0.15, 0.2) is 0 Å². The van der Waals surface area contributed by atoms with E-state index >= 15 is 0 Å². The summed E-state index contributed by atoms with van der Waals surface area (Å²) in [6.07, 6.45) is 0. The summed E-state index contributed by atoms with van der Waals surface area (Å²) in [5.41, 5.74) is 3.61. The van der Waals surface area contributed by atoms with Crippen molar-refractivity contribution in [3.8, 4) is 0 Å². The van der Waals surface area contributed by atoms with Crippen LogP contribution < -0.4 is 16.2 Å². The van der Waals surface area contributed by atoms with Gasteiger partial charge in [-0.1, -0.05) is 6.07 Å². The van der Waals surface area contributed by atoms with E-state index in [9.17, 15) is 31.6 Å². The van der Waals surface area contributed by atoms with Gasteiger partial charge in [-0.25, -0.2) is 21.5 Å². The second-order valence-corrected chi connectivity index (χ2v) is 8.28. The van der Waals surface area contributed by atoms with Crippen molar-refractivity contribution in [3.63, 3.8) is 0 Å². The first kappa shape index (κ1) is 22.9. The van der Waals surface area contributed by atoms with E-state index in [0.717, 1.165) is 22.5 Å². The lowest BCUT2D eigenvalue weighted by molar-refractivity contribution is -0.120. The van der Waals surface area contributed by atoms with Crippen molar-refractivity contribution >= 4 is 27.7 Å². The highest BCUT2D eigenvalue weighted by Gasteiger charge is 2.19. The quantitative estimate of drug-likeness (QED) is 0.561. The van der Waals surface area contributed by atoms with Crippen LogP contribution in [0.2, 0.25) is 0 Å². The fraction of sp³-hybridized carbons (Fsp3) is 0.167. The molecule has 0 aromatic heterocycles. The topological polar surface area (TPSA) is 125 Å². The Morgan fingerprint density at radius 2 is 1.67 bits per heavy atom. The molecule has 0 saturated carbocycles. The van der Waals surface area contributed by atoms with Crippen LogP contribution in [0.5, 0.6) is 0 Å². The highest BCUT2D eigenvalue weighted by atomic mass is 32.2. The number of benzene rings is 2. The zero-order valence-corrected chi connectivity index (χ0v) is 16.7. The van der Waals surface area contributed by atoms with E-state index in [0.29, 0.717) is 6.07 Å². The van der Waals surface area contributed by atoms with Gasteiger partial charge in [-0.2, -0.15) is 0 Å². The Kier molecular flexibility index (Phi) is 7.19. The first-order valence-corrected chi connectivity index (χ1v) is 9.81. The number of hydrogen-bond donors (Lipinski definition) is 3. The van der Waals surface area contributed by atoms with Crippen LogP contribution in [0.4, 0.5) is 8.78 Å². The third-order valence-corrected chi connectivity index (χ3v) is 5.59. The van der Waals surface area contributed by atoms with Crippen molar-refractivity contribution in [1.29, 1.82) is 0 Å². The monoisotopic (exact) mass is 440 g/mol. The molecule has 30 heavy (non-hydrogen) atoms. The summed E-state index contributed by atoms with van der Waals surface area (Å²) in [6.45, 7) is -0.606. The van der Waals surface area contributed by atoms with E-state index in [-0.39, 0.29) is 10.5 Å². The number of carbonyl (C=O) groups is 3. The molecule has 160 valence electrons. The molecular weight excluding hydrogens is 422 g/mol. The fourth-order valence-electron chi connectivity index (χ4n) is 2.18. The first-order valence-electron chi connectivity index (χ1n) is 8.37. The zero-order chi connectivity index (χ0) is 22.5. The molecule has 2 aromatic carbocycles. The molecule has 3 N–H and O–H groups in total. The molecule has 0 bridgehead atoms. The second kappa shape index (κ2) is 9.41. The van der Waals surface area contributed by atoms with Gasteiger partial charge in [-0.15, -0.1) is 0 Å². The Hall–Kier alpha value is -3.38. The largest absolute Gasteiger partial charge is 0.343 e. The van der Waals surface area contributed by atoms with Crippen molar-refractivity contribution in [1.82, 2.24) is 20.5 Å². The Morgan fingerprint density at radius 3 is 2.30 bits per heavy atom. The van der Waals surface area contributed by atoms with Gasteiger partial charge in [-0.05, 0) is 30.3 Å². The second-order valence-electron chi connectivity index (χ2n) is 6.12. The predicted octanol–water partition coefficient (Wildman–Crippen LogP) is 0.406. The predicted molar refractivity (Wildman–Crippen MR) is 102 cm³/mol. The minimum Gasteiger partial charge on any atom is -0.343 e. The Labute approximate surface area is 171 Å². The van der Waals surface area contributed by atoms with Crippen LogP contribution in [0.25, 0.3) is 0 Å². The third kappa shape index (κ3) is 5.58. The standard InChI is InChI=1S/C18H18F2N4O5S/c1-24(2)30(28,29)13-5-3-4-11(8-13)17(26)23-22-16(25)10-21-18(27)14-7-6-12(19)9-15(14)20/h3-9H,10H2,1-2H3,(H,21,27)(H,22,25)(H,23,26). The molecule has 0 aliphatic carbocycles. The molecule has 2 aromatic rings. The molecule has 0 spiro atoms. The van der Waals surface area contributed by atoms with Crippen LogP contribution in [0, 0.1) is 11.6 Å².